The van der Waals surface area contributed by atoms with Gasteiger partial charge in [-0.1, -0.05) is 11.6 Å². The Balaban J connectivity index is 2.16. The van der Waals surface area contributed by atoms with Crippen LogP contribution >= 0.6 is 23.4 Å². The quantitative estimate of drug-likeness (QED) is 0.694. The van der Waals surface area contributed by atoms with E-state index >= 15 is 0 Å². The highest BCUT2D eigenvalue weighted by Gasteiger charge is 2.12. The second kappa shape index (κ2) is 5.20. The lowest BCUT2D eigenvalue weighted by Crippen LogP contribution is -1.91. The fourth-order valence-electron chi connectivity index (χ4n) is 1.64. The van der Waals surface area contributed by atoms with E-state index in [1.165, 1.54) is 23.9 Å². The molecule has 0 radical (unpaired) electrons. The van der Waals surface area contributed by atoms with Gasteiger partial charge >= 0.3 is 0 Å². The monoisotopic (exact) mass is 285 g/mol. The number of halogens is 2. The lowest BCUT2D eigenvalue weighted by molar-refractivity contribution is 0.627. The molecule has 18 heavy (non-hydrogen) atoms. The number of rotatable bonds is 3. The van der Waals surface area contributed by atoms with Crippen molar-refractivity contribution in [2.45, 2.75) is 17.6 Å². The molecular formula is C12H13ClFN3S. The Morgan fingerprint density at radius 2 is 2.22 bits per heavy atom. The van der Waals surface area contributed by atoms with Crippen LogP contribution in [0.2, 0.25) is 5.15 Å². The fourth-order valence-corrected chi connectivity index (χ4v) is 2.99. The summed E-state index contributed by atoms with van der Waals surface area (Å²) >= 11 is 7.66. The topological polar surface area (TPSA) is 43.8 Å². The average molecular weight is 286 g/mol. The lowest BCUT2D eigenvalue weighted by Gasteiger charge is -2.05. The molecule has 0 aliphatic rings. The summed E-state index contributed by atoms with van der Waals surface area (Å²) in [7, 11) is 1.80. The van der Waals surface area contributed by atoms with Crippen molar-refractivity contribution in [1.29, 1.82) is 0 Å². The highest BCUT2D eigenvalue weighted by atomic mass is 35.5. The summed E-state index contributed by atoms with van der Waals surface area (Å²) in [4.78, 5) is 0.843. The van der Waals surface area contributed by atoms with Crippen molar-refractivity contribution < 1.29 is 4.39 Å². The molecule has 0 saturated heterocycles. The van der Waals surface area contributed by atoms with Crippen molar-refractivity contribution in [3.63, 3.8) is 0 Å². The van der Waals surface area contributed by atoms with E-state index in [4.69, 9.17) is 17.3 Å². The summed E-state index contributed by atoms with van der Waals surface area (Å²) in [6.45, 7) is 1.91. The van der Waals surface area contributed by atoms with E-state index in [9.17, 15) is 4.39 Å². The number of hydrogen-bond acceptors (Lipinski definition) is 3. The van der Waals surface area contributed by atoms with Gasteiger partial charge in [-0.3, -0.25) is 4.68 Å². The standard InChI is InChI=1S/C12H13ClFN3S/c1-7-9(12(13)17(2)16-7)6-18-11-4-3-8(14)5-10(11)15/h3-5H,6,15H2,1-2H3. The number of nitrogen functional groups attached to an aromatic ring is 1. The molecular weight excluding hydrogens is 273 g/mol. The summed E-state index contributed by atoms with van der Waals surface area (Å²) in [5.41, 5.74) is 8.07. The minimum Gasteiger partial charge on any atom is -0.398 e. The predicted molar refractivity (Wildman–Crippen MR) is 73.3 cm³/mol. The van der Waals surface area contributed by atoms with Crippen LogP contribution in [0.3, 0.4) is 0 Å². The van der Waals surface area contributed by atoms with Crippen molar-refractivity contribution in [3.8, 4) is 0 Å². The third-order valence-electron chi connectivity index (χ3n) is 2.61. The van der Waals surface area contributed by atoms with Gasteiger partial charge in [-0.05, 0) is 25.1 Å². The number of benzene rings is 1. The van der Waals surface area contributed by atoms with Gasteiger partial charge in [-0.2, -0.15) is 5.10 Å². The zero-order valence-corrected chi connectivity index (χ0v) is 11.6. The molecule has 0 bridgehead atoms. The number of aromatic nitrogens is 2. The third-order valence-corrected chi connectivity index (χ3v) is 4.20. The number of aryl methyl sites for hydroxylation is 2. The lowest BCUT2D eigenvalue weighted by atomic mass is 10.3. The van der Waals surface area contributed by atoms with Gasteiger partial charge in [0.15, 0.2) is 0 Å². The molecule has 1 heterocycles. The molecule has 0 unspecified atom stereocenters. The summed E-state index contributed by atoms with van der Waals surface area (Å²) < 4.78 is 14.6. The van der Waals surface area contributed by atoms with Gasteiger partial charge in [-0.25, -0.2) is 4.39 Å². The van der Waals surface area contributed by atoms with Crippen LogP contribution in [0.4, 0.5) is 10.1 Å². The first kappa shape index (κ1) is 13.2. The van der Waals surface area contributed by atoms with Crippen molar-refractivity contribution in [2.24, 2.45) is 7.05 Å². The zero-order valence-electron chi connectivity index (χ0n) is 10.1. The van der Waals surface area contributed by atoms with E-state index < -0.39 is 0 Å². The van der Waals surface area contributed by atoms with Gasteiger partial charge in [0, 0.05) is 28.9 Å². The number of hydrogen-bond donors (Lipinski definition) is 1. The fraction of sp³-hybridized carbons (Fsp3) is 0.250. The second-order valence-corrected chi connectivity index (χ2v) is 5.32. The molecule has 0 amide bonds. The molecule has 0 spiro atoms. The molecule has 0 saturated carbocycles. The van der Waals surface area contributed by atoms with E-state index in [0.29, 0.717) is 16.6 Å². The minimum atomic E-state index is -0.326. The highest BCUT2D eigenvalue weighted by Crippen LogP contribution is 2.31. The maximum absolute atomic E-state index is 12.9. The van der Waals surface area contributed by atoms with Crippen molar-refractivity contribution in [1.82, 2.24) is 9.78 Å². The van der Waals surface area contributed by atoms with Crippen LogP contribution in [-0.2, 0) is 12.8 Å². The van der Waals surface area contributed by atoms with E-state index in [1.807, 2.05) is 6.92 Å². The van der Waals surface area contributed by atoms with Crippen LogP contribution in [0.1, 0.15) is 11.3 Å². The molecule has 96 valence electrons. The van der Waals surface area contributed by atoms with Gasteiger partial charge in [0.05, 0.1) is 5.69 Å². The first-order chi connectivity index (χ1) is 8.49. The Hall–Kier alpha value is -1.20. The van der Waals surface area contributed by atoms with Crippen LogP contribution in [0, 0.1) is 12.7 Å². The maximum Gasteiger partial charge on any atom is 0.131 e. The smallest absolute Gasteiger partial charge is 0.131 e. The van der Waals surface area contributed by atoms with Crippen LogP contribution < -0.4 is 5.73 Å². The molecule has 1 aromatic carbocycles. The molecule has 3 nitrogen and oxygen atoms in total. The number of thioether (sulfide) groups is 1. The molecule has 2 rings (SSSR count). The normalized spacial score (nSPS) is 10.9. The number of nitrogens with two attached hydrogens (primary N) is 1. The van der Waals surface area contributed by atoms with E-state index in [2.05, 4.69) is 5.10 Å². The summed E-state index contributed by atoms with van der Waals surface area (Å²) in [5, 5.41) is 4.87. The van der Waals surface area contributed by atoms with Gasteiger partial charge in [0.1, 0.15) is 11.0 Å². The van der Waals surface area contributed by atoms with Crippen molar-refractivity contribution in [2.75, 3.05) is 5.73 Å². The molecule has 1 aromatic heterocycles. The molecule has 0 aliphatic carbocycles. The number of anilines is 1. The Morgan fingerprint density at radius 1 is 1.50 bits per heavy atom. The molecule has 0 fully saturated rings. The second-order valence-electron chi connectivity index (χ2n) is 3.95. The highest BCUT2D eigenvalue weighted by molar-refractivity contribution is 7.98. The largest absolute Gasteiger partial charge is 0.398 e. The van der Waals surface area contributed by atoms with Crippen LogP contribution in [0.5, 0.6) is 0 Å². The molecule has 6 heteroatoms. The van der Waals surface area contributed by atoms with Crippen LogP contribution in [0.25, 0.3) is 0 Å². The molecule has 0 atom stereocenters. The van der Waals surface area contributed by atoms with E-state index in [0.717, 1.165) is 16.2 Å². The molecule has 2 aromatic rings. The predicted octanol–water partition coefficient (Wildman–Crippen LogP) is 3.40. The van der Waals surface area contributed by atoms with E-state index in [-0.39, 0.29) is 5.82 Å². The molecule has 2 N–H and O–H groups in total. The number of nitrogens with zero attached hydrogens (tertiary/aromatic N) is 2. The zero-order chi connectivity index (χ0) is 13.3. The first-order valence-electron chi connectivity index (χ1n) is 5.35. The maximum atomic E-state index is 12.9. The van der Waals surface area contributed by atoms with Crippen molar-refractivity contribution >= 4 is 29.1 Å². The van der Waals surface area contributed by atoms with Gasteiger partial charge in [0.25, 0.3) is 0 Å². The Labute approximate surface area is 114 Å². The molecule has 0 aliphatic heterocycles. The van der Waals surface area contributed by atoms with Gasteiger partial charge < -0.3 is 5.73 Å². The van der Waals surface area contributed by atoms with Gasteiger partial charge in [-0.15, -0.1) is 11.8 Å². The first-order valence-corrected chi connectivity index (χ1v) is 6.71. The SMILES string of the molecule is Cc1nn(C)c(Cl)c1CSc1ccc(F)cc1N. The summed E-state index contributed by atoms with van der Waals surface area (Å²) in [5.74, 6) is 0.335. The van der Waals surface area contributed by atoms with Gasteiger partial charge in [0.2, 0.25) is 0 Å². The third kappa shape index (κ3) is 2.62. The van der Waals surface area contributed by atoms with E-state index in [1.54, 1.807) is 17.8 Å². The average Bonchev–Trinajstić information content (AvgIpc) is 2.53. The summed E-state index contributed by atoms with van der Waals surface area (Å²) in [6.07, 6.45) is 0. The van der Waals surface area contributed by atoms with Crippen LogP contribution in [-0.4, -0.2) is 9.78 Å². The summed E-state index contributed by atoms with van der Waals surface area (Å²) in [6, 6.07) is 4.39. The van der Waals surface area contributed by atoms with Crippen molar-refractivity contribution in [3.05, 3.63) is 40.4 Å². The Bertz CT molecular complexity index is 583. The Morgan fingerprint density at radius 3 is 2.78 bits per heavy atom. The Kier molecular flexibility index (Phi) is 3.82. The minimum absolute atomic E-state index is 0.326. The van der Waals surface area contributed by atoms with Crippen LogP contribution in [0.15, 0.2) is 23.1 Å².